The van der Waals surface area contributed by atoms with Crippen molar-refractivity contribution in [3.8, 4) is 0 Å². The summed E-state index contributed by atoms with van der Waals surface area (Å²) in [7, 11) is 4.00. The van der Waals surface area contributed by atoms with E-state index < -0.39 is 0 Å². The standard InChI is InChI=1S/C14H23ClN4O/c1-10(8-18(2)3)17-13-12(15)7-16-19(14(13)20)9-11-5-4-6-11/h7,10-11,17H,4-6,8-9H2,1-3H3. The lowest BCUT2D eigenvalue weighted by Crippen LogP contribution is -2.35. The molecule has 1 aromatic rings. The lowest BCUT2D eigenvalue weighted by molar-refractivity contribution is 0.262. The first-order valence-electron chi connectivity index (χ1n) is 7.14. The van der Waals surface area contributed by atoms with Crippen molar-refractivity contribution in [2.75, 3.05) is 26.0 Å². The third-order valence-electron chi connectivity index (χ3n) is 3.68. The highest BCUT2D eigenvalue weighted by atomic mass is 35.5. The van der Waals surface area contributed by atoms with Gasteiger partial charge in [-0.1, -0.05) is 18.0 Å². The molecule has 6 heteroatoms. The minimum absolute atomic E-state index is 0.116. The maximum Gasteiger partial charge on any atom is 0.291 e. The van der Waals surface area contributed by atoms with Gasteiger partial charge in [-0.2, -0.15) is 5.10 Å². The molecule has 20 heavy (non-hydrogen) atoms. The minimum Gasteiger partial charge on any atom is -0.376 e. The SMILES string of the molecule is CC(CN(C)C)Nc1c(Cl)cnn(CC2CCC2)c1=O. The maximum atomic E-state index is 12.4. The summed E-state index contributed by atoms with van der Waals surface area (Å²) in [5.74, 6) is 0.591. The summed E-state index contributed by atoms with van der Waals surface area (Å²) in [4.78, 5) is 14.5. The number of rotatable bonds is 6. The van der Waals surface area contributed by atoms with E-state index in [1.807, 2.05) is 21.0 Å². The minimum atomic E-state index is -0.116. The van der Waals surface area contributed by atoms with Crippen LogP contribution >= 0.6 is 11.6 Å². The molecule has 0 spiro atoms. The first-order chi connectivity index (χ1) is 9.47. The molecule has 0 radical (unpaired) electrons. The van der Waals surface area contributed by atoms with E-state index in [0.29, 0.717) is 23.2 Å². The highest BCUT2D eigenvalue weighted by Gasteiger charge is 2.20. The van der Waals surface area contributed by atoms with Gasteiger partial charge in [0, 0.05) is 19.1 Å². The zero-order chi connectivity index (χ0) is 14.7. The van der Waals surface area contributed by atoms with Gasteiger partial charge in [0.25, 0.3) is 5.56 Å². The number of anilines is 1. The highest BCUT2D eigenvalue weighted by molar-refractivity contribution is 6.33. The third kappa shape index (κ3) is 3.73. The van der Waals surface area contributed by atoms with Crippen LogP contribution in [0.1, 0.15) is 26.2 Å². The summed E-state index contributed by atoms with van der Waals surface area (Å²) in [5.41, 5.74) is 0.352. The van der Waals surface area contributed by atoms with E-state index >= 15 is 0 Å². The van der Waals surface area contributed by atoms with E-state index in [9.17, 15) is 4.79 Å². The van der Waals surface area contributed by atoms with Gasteiger partial charge in [0.2, 0.25) is 0 Å². The van der Waals surface area contributed by atoms with Gasteiger partial charge in [0.05, 0.1) is 11.2 Å². The second-order valence-electron chi connectivity index (χ2n) is 5.96. The molecule has 1 saturated carbocycles. The molecule has 0 aliphatic heterocycles. The molecule has 1 heterocycles. The number of likely N-dealkylation sites (N-methyl/N-ethyl adjacent to an activating group) is 1. The monoisotopic (exact) mass is 298 g/mol. The van der Waals surface area contributed by atoms with Gasteiger partial charge in [-0.05, 0) is 39.8 Å². The van der Waals surface area contributed by atoms with Crippen molar-refractivity contribution in [3.63, 3.8) is 0 Å². The summed E-state index contributed by atoms with van der Waals surface area (Å²) in [6.45, 7) is 3.57. The first-order valence-corrected chi connectivity index (χ1v) is 7.52. The Morgan fingerprint density at radius 2 is 2.25 bits per heavy atom. The summed E-state index contributed by atoms with van der Waals surface area (Å²) in [6.07, 6.45) is 5.21. The molecule has 1 fully saturated rings. The average molecular weight is 299 g/mol. The molecule has 0 saturated heterocycles. The second-order valence-corrected chi connectivity index (χ2v) is 6.37. The predicted molar refractivity (Wildman–Crippen MR) is 82.5 cm³/mol. The first kappa shape index (κ1) is 15.3. The number of hydrogen-bond acceptors (Lipinski definition) is 4. The van der Waals surface area contributed by atoms with E-state index in [1.165, 1.54) is 19.3 Å². The van der Waals surface area contributed by atoms with Crippen molar-refractivity contribution in [1.82, 2.24) is 14.7 Å². The fourth-order valence-corrected chi connectivity index (χ4v) is 2.67. The molecule has 0 aromatic carbocycles. The Bertz CT molecular complexity index is 510. The zero-order valence-electron chi connectivity index (χ0n) is 12.4. The largest absolute Gasteiger partial charge is 0.376 e. The summed E-state index contributed by atoms with van der Waals surface area (Å²) < 4.78 is 1.54. The van der Waals surface area contributed by atoms with Crippen molar-refractivity contribution in [2.24, 2.45) is 5.92 Å². The Labute approximate surface area is 124 Å². The molecule has 112 valence electrons. The van der Waals surface area contributed by atoms with Gasteiger partial charge in [-0.3, -0.25) is 4.79 Å². The van der Waals surface area contributed by atoms with Crippen LogP contribution in [0.5, 0.6) is 0 Å². The zero-order valence-corrected chi connectivity index (χ0v) is 13.2. The van der Waals surface area contributed by atoms with E-state index in [1.54, 1.807) is 10.9 Å². The Hall–Kier alpha value is -1.07. The number of halogens is 1. The third-order valence-corrected chi connectivity index (χ3v) is 3.97. The normalized spacial score (nSPS) is 17.1. The molecule has 0 amide bonds. The van der Waals surface area contributed by atoms with Crippen molar-refractivity contribution >= 4 is 17.3 Å². The van der Waals surface area contributed by atoms with Crippen LogP contribution in [0, 0.1) is 5.92 Å². The molecule has 2 rings (SSSR count). The van der Waals surface area contributed by atoms with Crippen LogP contribution in [0.25, 0.3) is 0 Å². The second kappa shape index (κ2) is 6.59. The van der Waals surface area contributed by atoms with Crippen molar-refractivity contribution < 1.29 is 0 Å². The van der Waals surface area contributed by atoms with Gasteiger partial charge in [-0.25, -0.2) is 4.68 Å². The van der Waals surface area contributed by atoms with E-state index in [-0.39, 0.29) is 11.6 Å². The molecular formula is C14H23ClN4O. The lowest BCUT2D eigenvalue weighted by atomic mass is 9.85. The Morgan fingerprint density at radius 1 is 1.55 bits per heavy atom. The maximum absolute atomic E-state index is 12.4. The van der Waals surface area contributed by atoms with Crippen LogP contribution in [0.2, 0.25) is 5.02 Å². The van der Waals surface area contributed by atoms with Gasteiger partial charge in [0.1, 0.15) is 5.69 Å². The number of hydrogen-bond donors (Lipinski definition) is 1. The van der Waals surface area contributed by atoms with Crippen molar-refractivity contribution in [2.45, 2.75) is 38.8 Å². The van der Waals surface area contributed by atoms with Gasteiger partial charge in [-0.15, -0.1) is 0 Å². The van der Waals surface area contributed by atoms with E-state index in [0.717, 1.165) is 6.54 Å². The quantitative estimate of drug-likeness (QED) is 0.873. The van der Waals surface area contributed by atoms with Crippen LogP contribution < -0.4 is 10.9 Å². The van der Waals surface area contributed by atoms with Crippen LogP contribution in [-0.4, -0.2) is 41.4 Å². The molecule has 1 aromatic heterocycles. The predicted octanol–water partition coefficient (Wildman–Crippen LogP) is 2.06. The topological polar surface area (TPSA) is 50.2 Å². The molecular weight excluding hydrogens is 276 g/mol. The van der Waals surface area contributed by atoms with Crippen LogP contribution in [0.4, 0.5) is 5.69 Å². The average Bonchev–Trinajstić information content (AvgIpc) is 2.30. The summed E-state index contributed by atoms with van der Waals surface area (Å²) in [6, 6.07) is 0.148. The number of aromatic nitrogens is 2. The molecule has 1 N–H and O–H groups in total. The van der Waals surface area contributed by atoms with Crippen molar-refractivity contribution in [1.29, 1.82) is 0 Å². The number of nitrogens with zero attached hydrogens (tertiary/aromatic N) is 3. The fourth-order valence-electron chi connectivity index (χ4n) is 2.49. The lowest BCUT2D eigenvalue weighted by Gasteiger charge is -2.26. The molecule has 1 unspecified atom stereocenters. The smallest absolute Gasteiger partial charge is 0.291 e. The van der Waals surface area contributed by atoms with Crippen molar-refractivity contribution in [3.05, 3.63) is 21.6 Å². The van der Waals surface area contributed by atoms with E-state index in [4.69, 9.17) is 11.6 Å². The van der Waals surface area contributed by atoms with Gasteiger partial charge < -0.3 is 10.2 Å². The molecule has 1 aliphatic carbocycles. The molecule has 1 aliphatic rings. The molecule has 5 nitrogen and oxygen atoms in total. The van der Waals surface area contributed by atoms with Crippen LogP contribution in [0.15, 0.2) is 11.0 Å². The Balaban J connectivity index is 2.14. The van der Waals surface area contributed by atoms with E-state index in [2.05, 4.69) is 15.3 Å². The van der Waals surface area contributed by atoms with Gasteiger partial charge in [0.15, 0.2) is 0 Å². The Morgan fingerprint density at radius 3 is 2.80 bits per heavy atom. The van der Waals surface area contributed by atoms with Gasteiger partial charge >= 0.3 is 0 Å². The molecule has 1 atom stereocenters. The summed E-state index contributed by atoms with van der Waals surface area (Å²) in [5, 5.41) is 7.76. The Kier molecular flexibility index (Phi) is 5.05. The van der Waals surface area contributed by atoms with Crippen LogP contribution in [0.3, 0.4) is 0 Å². The summed E-state index contributed by atoms with van der Waals surface area (Å²) >= 11 is 6.11. The molecule has 0 bridgehead atoms. The highest BCUT2D eigenvalue weighted by Crippen LogP contribution is 2.27. The number of nitrogens with one attached hydrogen (secondary N) is 1. The fraction of sp³-hybridized carbons (Fsp3) is 0.714. The van der Waals surface area contributed by atoms with Crippen LogP contribution in [-0.2, 0) is 6.54 Å².